The van der Waals surface area contributed by atoms with Gasteiger partial charge < -0.3 is 14.6 Å². The fraction of sp³-hybridized carbons (Fsp3) is 0.619. The van der Waals surface area contributed by atoms with Gasteiger partial charge in [0, 0.05) is 46.1 Å². The molecule has 2 heterocycles. The Kier molecular flexibility index (Phi) is 7.49. The summed E-state index contributed by atoms with van der Waals surface area (Å²) in [6.45, 7) is 5.94. The molecule has 1 atom stereocenters. The summed E-state index contributed by atoms with van der Waals surface area (Å²) in [6.07, 6.45) is 4.13. The van der Waals surface area contributed by atoms with Gasteiger partial charge in [-0.05, 0) is 37.5 Å². The molecule has 1 N–H and O–H groups in total. The summed E-state index contributed by atoms with van der Waals surface area (Å²) in [5, 5.41) is 2.95. The predicted molar refractivity (Wildman–Crippen MR) is 116 cm³/mol. The van der Waals surface area contributed by atoms with Crippen LogP contribution in [-0.4, -0.2) is 60.5 Å². The average molecular weight is 437 g/mol. The van der Waals surface area contributed by atoms with Gasteiger partial charge in [0.1, 0.15) is 5.82 Å². The van der Waals surface area contributed by atoms with Gasteiger partial charge in [-0.3, -0.25) is 4.79 Å². The van der Waals surface area contributed by atoms with Crippen molar-refractivity contribution in [3.8, 4) is 0 Å². The smallest absolute Gasteiger partial charge is 0.243 e. The molecule has 0 aliphatic carbocycles. The van der Waals surface area contributed by atoms with E-state index in [9.17, 15) is 13.2 Å². The molecule has 0 spiro atoms. The third kappa shape index (κ3) is 5.01. The Morgan fingerprint density at radius 1 is 1.33 bits per heavy atom. The molecule has 1 amide bonds. The van der Waals surface area contributed by atoms with Crippen LogP contribution in [0.4, 0.5) is 0 Å². The third-order valence-electron chi connectivity index (χ3n) is 5.68. The minimum atomic E-state index is -3.53. The molecule has 166 valence electrons. The van der Waals surface area contributed by atoms with Crippen LogP contribution in [-0.2, 0) is 33.0 Å². The van der Waals surface area contributed by atoms with Crippen LogP contribution < -0.4 is 5.32 Å². The number of amides is 1. The van der Waals surface area contributed by atoms with Crippen molar-refractivity contribution in [2.24, 2.45) is 7.05 Å². The molecular weight excluding hydrogens is 404 g/mol. The number of aryl methyl sites for hydroxylation is 2. The van der Waals surface area contributed by atoms with Crippen LogP contribution in [0.3, 0.4) is 0 Å². The second kappa shape index (κ2) is 9.89. The van der Waals surface area contributed by atoms with Crippen LogP contribution in [0.25, 0.3) is 11.0 Å². The van der Waals surface area contributed by atoms with Crippen LogP contribution in [0, 0.1) is 0 Å². The standard InChI is InChI=1S/C21H32N4O4S/c1-4-25(5-2)30(27,28)17-8-9-19-18(15-17)23-20(24(19)3)10-11-21(26)22-13-12-16-7-6-14-29-16/h8-9,15-16H,4-7,10-14H2,1-3H3,(H,22,26). The highest BCUT2D eigenvalue weighted by molar-refractivity contribution is 7.89. The normalized spacial score (nSPS) is 17.1. The fourth-order valence-electron chi connectivity index (χ4n) is 3.88. The number of sulfonamides is 1. The zero-order chi connectivity index (χ0) is 21.7. The summed E-state index contributed by atoms with van der Waals surface area (Å²) in [7, 11) is -1.64. The van der Waals surface area contributed by atoms with Crippen LogP contribution in [0.2, 0.25) is 0 Å². The number of hydrogen-bond donors (Lipinski definition) is 1. The van der Waals surface area contributed by atoms with Crippen molar-refractivity contribution in [2.75, 3.05) is 26.2 Å². The lowest BCUT2D eigenvalue weighted by Crippen LogP contribution is -2.30. The predicted octanol–water partition coefficient (Wildman–Crippen LogP) is 2.22. The highest BCUT2D eigenvalue weighted by atomic mass is 32.2. The van der Waals surface area contributed by atoms with Gasteiger partial charge in [-0.15, -0.1) is 0 Å². The maximum absolute atomic E-state index is 12.8. The Labute approximate surface area is 178 Å². The lowest BCUT2D eigenvalue weighted by Gasteiger charge is -2.18. The molecule has 1 aromatic heterocycles. The van der Waals surface area contributed by atoms with E-state index in [4.69, 9.17) is 4.74 Å². The Hall–Kier alpha value is -1.97. The van der Waals surface area contributed by atoms with Crippen molar-refractivity contribution in [1.82, 2.24) is 19.2 Å². The zero-order valence-electron chi connectivity index (χ0n) is 18.1. The summed E-state index contributed by atoms with van der Waals surface area (Å²) in [6, 6.07) is 5.03. The third-order valence-corrected chi connectivity index (χ3v) is 7.72. The highest BCUT2D eigenvalue weighted by Gasteiger charge is 2.23. The molecule has 1 aromatic carbocycles. The Bertz CT molecular complexity index is 976. The zero-order valence-corrected chi connectivity index (χ0v) is 18.9. The molecule has 3 rings (SSSR count). The van der Waals surface area contributed by atoms with E-state index in [-0.39, 0.29) is 16.9 Å². The summed E-state index contributed by atoms with van der Waals surface area (Å²) in [5.41, 5.74) is 1.47. The maximum Gasteiger partial charge on any atom is 0.243 e. The molecule has 1 aliphatic heterocycles. The first-order chi connectivity index (χ1) is 14.4. The van der Waals surface area contributed by atoms with Gasteiger partial charge in [0.15, 0.2) is 0 Å². The van der Waals surface area contributed by atoms with E-state index in [2.05, 4.69) is 10.3 Å². The fourth-order valence-corrected chi connectivity index (χ4v) is 5.36. The molecule has 0 bridgehead atoms. The topological polar surface area (TPSA) is 93.5 Å². The van der Waals surface area contributed by atoms with E-state index >= 15 is 0 Å². The van der Waals surface area contributed by atoms with Gasteiger partial charge in [-0.25, -0.2) is 13.4 Å². The highest BCUT2D eigenvalue weighted by Crippen LogP contribution is 2.23. The minimum absolute atomic E-state index is 0.00940. The Morgan fingerprint density at radius 2 is 2.10 bits per heavy atom. The number of nitrogens with zero attached hydrogens (tertiary/aromatic N) is 3. The molecule has 8 nitrogen and oxygen atoms in total. The number of carbonyl (C=O) groups is 1. The maximum atomic E-state index is 12.8. The number of nitrogens with one attached hydrogen (secondary N) is 1. The molecular formula is C21H32N4O4S. The molecule has 9 heteroatoms. The van der Waals surface area contributed by atoms with Crippen LogP contribution >= 0.6 is 0 Å². The first-order valence-corrected chi connectivity index (χ1v) is 12.1. The molecule has 1 fully saturated rings. The second-order valence-electron chi connectivity index (χ2n) is 7.60. The minimum Gasteiger partial charge on any atom is -0.378 e. The van der Waals surface area contributed by atoms with Crippen LogP contribution in [0.5, 0.6) is 0 Å². The Morgan fingerprint density at radius 3 is 2.77 bits per heavy atom. The molecule has 2 aromatic rings. The van der Waals surface area contributed by atoms with E-state index in [0.717, 1.165) is 37.2 Å². The SMILES string of the molecule is CCN(CC)S(=O)(=O)c1ccc2c(c1)nc(CCC(=O)NCCC1CCCO1)n2C. The van der Waals surface area contributed by atoms with E-state index in [1.165, 1.54) is 4.31 Å². The van der Waals surface area contributed by atoms with E-state index in [1.54, 1.807) is 18.2 Å². The lowest BCUT2D eigenvalue weighted by atomic mass is 10.2. The van der Waals surface area contributed by atoms with Crippen molar-refractivity contribution >= 4 is 27.0 Å². The summed E-state index contributed by atoms with van der Waals surface area (Å²) >= 11 is 0. The first-order valence-electron chi connectivity index (χ1n) is 10.7. The summed E-state index contributed by atoms with van der Waals surface area (Å²) in [5.74, 6) is 0.751. The summed E-state index contributed by atoms with van der Waals surface area (Å²) < 4.78 is 34.5. The molecule has 0 saturated carbocycles. The summed E-state index contributed by atoms with van der Waals surface area (Å²) in [4.78, 5) is 17.0. The van der Waals surface area contributed by atoms with Crippen LogP contribution in [0.15, 0.2) is 23.1 Å². The quantitative estimate of drug-likeness (QED) is 0.616. The number of rotatable bonds is 10. The molecule has 1 unspecified atom stereocenters. The largest absolute Gasteiger partial charge is 0.378 e. The van der Waals surface area contributed by atoms with Gasteiger partial charge in [0.2, 0.25) is 15.9 Å². The second-order valence-corrected chi connectivity index (χ2v) is 9.54. The molecule has 1 saturated heterocycles. The number of hydrogen-bond acceptors (Lipinski definition) is 5. The number of carbonyl (C=O) groups excluding carboxylic acids is 1. The van der Waals surface area contributed by atoms with Crippen molar-refractivity contribution in [3.63, 3.8) is 0 Å². The van der Waals surface area contributed by atoms with Gasteiger partial charge in [-0.2, -0.15) is 4.31 Å². The molecule has 1 aliphatic rings. The van der Waals surface area contributed by atoms with Crippen molar-refractivity contribution in [1.29, 1.82) is 0 Å². The van der Waals surface area contributed by atoms with Crippen molar-refractivity contribution in [2.45, 2.75) is 57.0 Å². The van der Waals surface area contributed by atoms with Gasteiger partial charge >= 0.3 is 0 Å². The number of fused-ring (bicyclic) bond motifs is 1. The monoisotopic (exact) mass is 436 g/mol. The van der Waals surface area contributed by atoms with Gasteiger partial charge in [0.05, 0.1) is 22.0 Å². The van der Waals surface area contributed by atoms with Gasteiger partial charge in [0.25, 0.3) is 0 Å². The number of ether oxygens (including phenoxy) is 1. The van der Waals surface area contributed by atoms with Crippen LogP contribution in [0.1, 0.15) is 45.4 Å². The van der Waals surface area contributed by atoms with Crippen molar-refractivity contribution < 1.29 is 17.9 Å². The first kappa shape index (κ1) is 22.7. The average Bonchev–Trinajstić information content (AvgIpc) is 3.35. The Balaban J connectivity index is 1.64. The molecule has 0 radical (unpaired) electrons. The number of benzene rings is 1. The lowest BCUT2D eigenvalue weighted by molar-refractivity contribution is -0.121. The van der Waals surface area contributed by atoms with E-state index < -0.39 is 10.0 Å². The molecule has 30 heavy (non-hydrogen) atoms. The van der Waals surface area contributed by atoms with E-state index in [1.807, 2.05) is 25.5 Å². The van der Waals surface area contributed by atoms with Gasteiger partial charge in [-0.1, -0.05) is 13.8 Å². The number of imidazole rings is 1. The number of aromatic nitrogens is 2. The van der Waals surface area contributed by atoms with Crippen molar-refractivity contribution in [3.05, 3.63) is 24.0 Å². The van der Waals surface area contributed by atoms with E-state index in [0.29, 0.717) is 38.0 Å².